The van der Waals surface area contributed by atoms with Crippen LogP contribution in [0.25, 0.3) is 22.1 Å². The van der Waals surface area contributed by atoms with Gasteiger partial charge in [0.1, 0.15) is 11.1 Å². The van der Waals surface area contributed by atoms with Gasteiger partial charge in [-0.2, -0.15) is 0 Å². The number of aromatic amines is 1. The fourth-order valence-corrected chi connectivity index (χ4v) is 2.61. The van der Waals surface area contributed by atoms with Crippen LogP contribution in [0, 0.1) is 6.92 Å². The van der Waals surface area contributed by atoms with Gasteiger partial charge in [0, 0.05) is 16.6 Å². The van der Waals surface area contributed by atoms with E-state index < -0.39 is 17.2 Å². The molecule has 0 fully saturated rings. The second kappa shape index (κ2) is 6.16. The highest BCUT2D eigenvalue weighted by Gasteiger charge is 2.20. The summed E-state index contributed by atoms with van der Waals surface area (Å²) in [4.78, 5) is 39.2. The second-order valence-electron chi connectivity index (χ2n) is 5.23. The van der Waals surface area contributed by atoms with E-state index in [9.17, 15) is 14.4 Å². The van der Waals surface area contributed by atoms with Crippen LogP contribution < -0.4 is 11.2 Å². The number of hydrogen-bond donors (Lipinski definition) is 1. The Hall–Kier alpha value is -3.15. The summed E-state index contributed by atoms with van der Waals surface area (Å²) in [6.07, 6.45) is 0. The first-order valence-corrected chi connectivity index (χ1v) is 7.46. The number of fused-ring (bicyclic) bond motifs is 1. The molecule has 24 heavy (non-hydrogen) atoms. The van der Waals surface area contributed by atoms with Crippen molar-refractivity contribution in [3.8, 4) is 11.3 Å². The van der Waals surface area contributed by atoms with E-state index in [1.54, 1.807) is 38.1 Å². The SMILES string of the molecule is CCOC(=O)c1c(C)[nH]c(=O)c2c(=O)oc(-c3ccccc3)cc12. The molecular weight excluding hydrogens is 310 g/mol. The molecule has 3 rings (SSSR count). The number of carbonyl (C=O) groups excluding carboxylic acids is 1. The van der Waals surface area contributed by atoms with Gasteiger partial charge >= 0.3 is 11.6 Å². The molecule has 2 heterocycles. The van der Waals surface area contributed by atoms with Gasteiger partial charge in [0.25, 0.3) is 5.56 Å². The number of hydrogen-bond acceptors (Lipinski definition) is 5. The van der Waals surface area contributed by atoms with E-state index in [1.165, 1.54) is 6.07 Å². The third-order valence-electron chi connectivity index (χ3n) is 3.66. The molecule has 0 spiro atoms. The van der Waals surface area contributed by atoms with Gasteiger partial charge in [-0.15, -0.1) is 0 Å². The van der Waals surface area contributed by atoms with Crippen LogP contribution in [0.3, 0.4) is 0 Å². The molecule has 0 aliphatic rings. The Bertz CT molecular complexity index is 1030. The molecule has 0 radical (unpaired) electrons. The van der Waals surface area contributed by atoms with Crippen molar-refractivity contribution in [2.45, 2.75) is 13.8 Å². The molecule has 6 nitrogen and oxygen atoms in total. The van der Waals surface area contributed by atoms with Gasteiger partial charge in [0.05, 0.1) is 12.2 Å². The Kier molecular flexibility index (Phi) is 4.04. The minimum atomic E-state index is -0.793. The van der Waals surface area contributed by atoms with Gasteiger partial charge in [-0.1, -0.05) is 30.3 Å². The first kappa shape index (κ1) is 15.7. The van der Waals surface area contributed by atoms with Gasteiger partial charge in [-0.05, 0) is 19.9 Å². The minimum absolute atomic E-state index is 0.163. The normalized spacial score (nSPS) is 10.8. The lowest BCUT2D eigenvalue weighted by Gasteiger charge is -2.09. The van der Waals surface area contributed by atoms with Crippen molar-refractivity contribution in [1.29, 1.82) is 0 Å². The van der Waals surface area contributed by atoms with Gasteiger partial charge in [-0.3, -0.25) is 4.79 Å². The largest absolute Gasteiger partial charge is 0.462 e. The van der Waals surface area contributed by atoms with Crippen molar-refractivity contribution in [3.63, 3.8) is 0 Å². The van der Waals surface area contributed by atoms with Crippen LogP contribution in [0.5, 0.6) is 0 Å². The van der Waals surface area contributed by atoms with E-state index >= 15 is 0 Å². The molecule has 3 aromatic rings. The number of benzene rings is 1. The Labute approximate surface area is 136 Å². The number of ether oxygens (including phenoxy) is 1. The molecule has 0 unspecified atom stereocenters. The molecule has 0 aliphatic heterocycles. The Balaban J connectivity index is 2.39. The smallest absolute Gasteiger partial charge is 0.349 e. The van der Waals surface area contributed by atoms with Crippen molar-refractivity contribution in [1.82, 2.24) is 4.98 Å². The van der Waals surface area contributed by atoms with Crippen LogP contribution in [0.2, 0.25) is 0 Å². The van der Waals surface area contributed by atoms with Crippen LogP contribution in [-0.2, 0) is 4.74 Å². The molecular formula is C18H15NO5. The predicted octanol–water partition coefficient (Wildman–Crippen LogP) is 2.63. The van der Waals surface area contributed by atoms with E-state index in [2.05, 4.69) is 4.98 Å². The molecule has 1 aromatic carbocycles. The highest BCUT2D eigenvalue weighted by atomic mass is 16.5. The second-order valence-corrected chi connectivity index (χ2v) is 5.23. The Morgan fingerprint density at radius 3 is 2.58 bits per heavy atom. The van der Waals surface area contributed by atoms with Crippen LogP contribution >= 0.6 is 0 Å². The molecule has 2 aromatic heterocycles. The van der Waals surface area contributed by atoms with E-state index in [4.69, 9.17) is 9.15 Å². The summed E-state index contributed by atoms with van der Waals surface area (Å²) >= 11 is 0. The zero-order chi connectivity index (χ0) is 17.3. The third kappa shape index (κ3) is 2.62. The van der Waals surface area contributed by atoms with Crippen LogP contribution in [0.4, 0.5) is 0 Å². The van der Waals surface area contributed by atoms with Crippen molar-refractivity contribution < 1.29 is 13.9 Å². The van der Waals surface area contributed by atoms with E-state index in [-0.39, 0.29) is 28.7 Å². The highest BCUT2D eigenvalue weighted by molar-refractivity contribution is 6.05. The summed E-state index contributed by atoms with van der Waals surface area (Å²) in [6.45, 7) is 3.46. The number of nitrogens with one attached hydrogen (secondary N) is 1. The van der Waals surface area contributed by atoms with Crippen molar-refractivity contribution >= 4 is 16.7 Å². The number of rotatable bonds is 3. The monoisotopic (exact) mass is 325 g/mol. The summed E-state index contributed by atoms with van der Waals surface area (Å²) in [5, 5.41) is 0.0353. The molecule has 0 amide bonds. The van der Waals surface area contributed by atoms with Gasteiger partial charge in [0.15, 0.2) is 0 Å². The predicted molar refractivity (Wildman–Crippen MR) is 89.2 cm³/mol. The lowest BCUT2D eigenvalue weighted by molar-refractivity contribution is 0.0527. The maximum Gasteiger partial charge on any atom is 0.349 e. The molecule has 0 aliphatic carbocycles. The van der Waals surface area contributed by atoms with Crippen LogP contribution in [0.1, 0.15) is 23.0 Å². The van der Waals surface area contributed by atoms with E-state index in [1.807, 2.05) is 6.07 Å². The molecule has 6 heteroatoms. The van der Waals surface area contributed by atoms with Gasteiger partial charge < -0.3 is 14.1 Å². The van der Waals surface area contributed by atoms with Gasteiger partial charge in [-0.25, -0.2) is 9.59 Å². The highest BCUT2D eigenvalue weighted by Crippen LogP contribution is 2.24. The van der Waals surface area contributed by atoms with E-state index in [0.29, 0.717) is 11.3 Å². The number of carbonyl (C=O) groups is 1. The van der Waals surface area contributed by atoms with Crippen molar-refractivity contribution in [3.05, 3.63) is 68.4 Å². The topological polar surface area (TPSA) is 89.4 Å². The zero-order valence-corrected chi connectivity index (χ0v) is 13.2. The molecule has 122 valence electrons. The molecule has 1 N–H and O–H groups in total. The van der Waals surface area contributed by atoms with Crippen molar-refractivity contribution in [2.24, 2.45) is 0 Å². The van der Waals surface area contributed by atoms with Gasteiger partial charge in [0.2, 0.25) is 0 Å². The fraction of sp³-hybridized carbons (Fsp3) is 0.167. The average Bonchev–Trinajstić information content (AvgIpc) is 2.55. The number of esters is 1. The van der Waals surface area contributed by atoms with E-state index in [0.717, 1.165) is 0 Å². The minimum Gasteiger partial charge on any atom is -0.462 e. The Morgan fingerprint density at radius 2 is 1.92 bits per heavy atom. The lowest BCUT2D eigenvalue weighted by Crippen LogP contribution is -2.21. The number of H-pyrrole nitrogens is 1. The summed E-state index contributed by atoms with van der Waals surface area (Å²) in [6, 6.07) is 10.5. The standard InChI is InChI=1S/C18H15NO5/c1-3-23-17(21)14-10(2)19-16(20)15-12(14)9-13(24-18(15)22)11-7-5-4-6-8-11/h4-9H,3H2,1-2H3,(H,19,20). The zero-order valence-electron chi connectivity index (χ0n) is 13.2. The average molecular weight is 325 g/mol. The lowest BCUT2D eigenvalue weighted by atomic mass is 10.0. The number of pyridine rings is 1. The summed E-state index contributed by atoms with van der Waals surface area (Å²) in [5.41, 5.74) is -0.210. The summed E-state index contributed by atoms with van der Waals surface area (Å²) in [7, 11) is 0. The summed E-state index contributed by atoms with van der Waals surface area (Å²) < 4.78 is 10.3. The Morgan fingerprint density at radius 1 is 1.21 bits per heavy atom. The molecule has 0 atom stereocenters. The van der Waals surface area contributed by atoms with Crippen LogP contribution in [0.15, 0.2) is 50.4 Å². The quantitative estimate of drug-likeness (QED) is 0.748. The maximum atomic E-state index is 12.3. The maximum absolute atomic E-state index is 12.3. The molecule has 0 bridgehead atoms. The molecule has 0 saturated carbocycles. The first-order valence-electron chi connectivity index (χ1n) is 7.46. The molecule has 0 saturated heterocycles. The van der Waals surface area contributed by atoms with Crippen molar-refractivity contribution in [2.75, 3.05) is 6.61 Å². The third-order valence-corrected chi connectivity index (χ3v) is 3.66. The first-order chi connectivity index (χ1) is 11.5. The summed E-state index contributed by atoms with van der Waals surface area (Å²) in [5.74, 6) is -0.315. The van der Waals surface area contributed by atoms with Crippen LogP contribution in [-0.4, -0.2) is 17.6 Å². The number of aromatic nitrogens is 1. The fourth-order valence-electron chi connectivity index (χ4n) is 2.61. The number of aryl methyl sites for hydroxylation is 1.